The van der Waals surface area contributed by atoms with Gasteiger partial charge in [0, 0.05) is 13.0 Å². The van der Waals surface area contributed by atoms with Crippen LogP contribution in [0, 0.1) is 0 Å². The number of nitrogens with zero attached hydrogens (tertiary/aromatic N) is 1. The number of nitrogens with one attached hydrogen (secondary N) is 1. The van der Waals surface area contributed by atoms with Gasteiger partial charge in [-0.25, -0.2) is 5.01 Å². The molecule has 3 nitrogen and oxygen atoms in total. The van der Waals surface area contributed by atoms with Gasteiger partial charge in [-0.05, 0) is 27.8 Å². The highest BCUT2D eigenvalue weighted by molar-refractivity contribution is 5.87. The number of amides is 1. The quantitative estimate of drug-likeness (QED) is 0.906. The zero-order chi connectivity index (χ0) is 17.5. The predicted octanol–water partition coefficient (Wildman–Crippen LogP) is 4.30. The zero-order valence-corrected chi connectivity index (χ0v) is 13.5. The van der Waals surface area contributed by atoms with Gasteiger partial charge >= 0.3 is 6.18 Å². The number of carbonyl (C=O) groups excluding carboxylic acids is 1. The van der Waals surface area contributed by atoms with Crippen LogP contribution in [0.1, 0.15) is 43.4 Å². The summed E-state index contributed by atoms with van der Waals surface area (Å²) < 4.78 is 41.9. The topological polar surface area (TPSA) is 32.3 Å². The second-order valence-electron chi connectivity index (χ2n) is 6.37. The maximum atomic E-state index is 14.0. The van der Waals surface area contributed by atoms with Crippen LogP contribution in [-0.2, 0) is 4.79 Å². The van der Waals surface area contributed by atoms with E-state index in [9.17, 15) is 18.0 Å². The lowest BCUT2D eigenvalue weighted by Crippen LogP contribution is -2.44. The van der Waals surface area contributed by atoms with E-state index in [2.05, 4.69) is 5.43 Å². The van der Waals surface area contributed by atoms with E-state index in [0.29, 0.717) is 10.9 Å². The van der Waals surface area contributed by atoms with Crippen molar-refractivity contribution in [1.29, 1.82) is 0 Å². The molecule has 128 valence electrons. The SMILES string of the molecule is CC(C)c1ccc2ccccc2c1[C@H](N1CCC(=O)N1)C(F)(F)F. The molecule has 0 unspecified atom stereocenters. The van der Waals surface area contributed by atoms with E-state index >= 15 is 0 Å². The molecule has 1 aliphatic heterocycles. The molecule has 2 aromatic rings. The normalized spacial score (nSPS) is 17.5. The molecule has 3 rings (SSSR count). The van der Waals surface area contributed by atoms with Crippen LogP contribution in [-0.4, -0.2) is 23.6 Å². The minimum absolute atomic E-state index is 0.0454. The molecule has 6 heteroatoms. The Kier molecular flexibility index (Phi) is 4.25. The van der Waals surface area contributed by atoms with Crippen LogP contribution >= 0.6 is 0 Å². The second-order valence-corrected chi connectivity index (χ2v) is 6.37. The Morgan fingerprint density at radius 1 is 1.12 bits per heavy atom. The fraction of sp³-hybridized carbons (Fsp3) is 0.389. The molecule has 0 aromatic heterocycles. The first-order valence-electron chi connectivity index (χ1n) is 7.93. The third-order valence-corrected chi connectivity index (χ3v) is 4.37. The van der Waals surface area contributed by atoms with Gasteiger partial charge in [-0.3, -0.25) is 10.2 Å². The summed E-state index contributed by atoms with van der Waals surface area (Å²) in [6, 6.07) is 8.83. The maximum Gasteiger partial charge on any atom is 0.409 e. The third-order valence-electron chi connectivity index (χ3n) is 4.37. The van der Waals surface area contributed by atoms with E-state index in [1.807, 2.05) is 19.9 Å². The van der Waals surface area contributed by atoms with Gasteiger partial charge in [-0.15, -0.1) is 0 Å². The van der Waals surface area contributed by atoms with Gasteiger partial charge in [0.05, 0.1) is 0 Å². The van der Waals surface area contributed by atoms with Gasteiger partial charge < -0.3 is 0 Å². The lowest BCUT2D eigenvalue weighted by molar-refractivity contribution is -0.190. The molecule has 0 bridgehead atoms. The molecule has 1 N–H and O–H groups in total. The minimum atomic E-state index is -4.49. The van der Waals surface area contributed by atoms with Gasteiger partial charge in [0.1, 0.15) is 0 Å². The number of fused-ring (bicyclic) bond motifs is 1. The van der Waals surface area contributed by atoms with Crippen molar-refractivity contribution >= 4 is 16.7 Å². The molecule has 1 amide bonds. The van der Waals surface area contributed by atoms with Crippen molar-refractivity contribution in [3.05, 3.63) is 47.5 Å². The Balaban J connectivity index is 2.26. The van der Waals surface area contributed by atoms with Crippen molar-refractivity contribution < 1.29 is 18.0 Å². The smallest absolute Gasteiger partial charge is 0.288 e. The summed E-state index contributed by atoms with van der Waals surface area (Å²) in [5, 5.41) is 2.36. The lowest BCUT2D eigenvalue weighted by Gasteiger charge is -2.32. The summed E-state index contributed by atoms with van der Waals surface area (Å²) in [5.41, 5.74) is 3.25. The third kappa shape index (κ3) is 2.98. The van der Waals surface area contributed by atoms with Crippen molar-refractivity contribution in [2.24, 2.45) is 0 Å². The number of benzene rings is 2. The first-order chi connectivity index (χ1) is 11.3. The van der Waals surface area contributed by atoms with Crippen LogP contribution in [0.4, 0.5) is 13.2 Å². The monoisotopic (exact) mass is 336 g/mol. The highest BCUT2D eigenvalue weighted by Gasteiger charge is 2.48. The molecule has 0 saturated carbocycles. The minimum Gasteiger partial charge on any atom is -0.288 e. The molecular formula is C18H19F3N2O. The number of carbonyl (C=O) groups is 1. The fourth-order valence-electron chi connectivity index (χ4n) is 3.30. The highest BCUT2D eigenvalue weighted by Crippen LogP contribution is 2.43. The van der Waals surface area contributed by atoms with E-state index in [4.69, 9.17) is 0 Å². The first-order valence-corrected chi connectivity index (χ1v) is 7.93. The van der Waals surface area contributed by atoms with Gasteiger partial charge in [0.15, 0.2) is 6.04 Å². The standard InChI is InChI=1S/C18H19F3N2O/c1-11(2)13-8-7-12-5-3-4-6-14(12)16(13)17(18(19,20)21)23-10-9-15(24)22-23/h3-8,11,17H,9-10H2,1-2H3,(H,22,24)/t17-/m0/s1. The van der Waals surface area contributed by atoms with Crippen molar-refractivity contribution in [1.82, 2.24) is 10.4 Å². The van der Waals surface area contributed by atoms with Gasteiger partial charge in [0.25, 0.3) is 0 Å². The molecule has 1 saturated heterocycles. The Morgan fingerprint density at radius 2 is 1.83 bits per heavy atom. The zero-order valence-electron chi connectivity index (χ0n) is 13.5. The van der Waals surface area contributed by atoms with Crippen LogP contribution in [0.5, 0.6) is 0 Å². The molecule has 2 aromatic carbocycles. The van der Waals surface area contributed by atoms with Crippen LogP contribution in [0.3, 0.4) is 0 Å². The number of halogens is 3. The average Bonchev–Trinajstić information content (AvgIpc) is 2.92. The largest absolute Gasteiger partial charge is 0.409 e. The number of hydrazine groups is 1. The summed E-state index contributed by atoms with van der Waals surface area (Å²) in [7, 11) is 0. The summed E-state index contributed by atoms with van der Waals surface area (Å²) in [6.45, 7) is 3.80. The van der Waals surface area contributed by atoms with E-state index in [-0.39, 0.29) is 30.4 Å². The van der Waals surface area contributed by atoms with E-state index < -0.39 is 12.2 Å². The second kappa shape index (κ2) is 6.09. The van der Waals surface area contributed by atoms with Gasteiger partial charge in [0.2, 0.25) is 5.91 Å². The Morgan fingerprint density at radius 3 is 2.42 bits per heavy atom. The number of hydrogen-bond acceptors (Lipinski definition) is 2. The molecule has 1 atom stereocenters. The average molecular weight is 336 g/mol. The van der Waals surface area contributed by atoms with Gasteiger partial charge in [-0.1, -0.05) is 50.2 Å². The molecule has 1 heterocycles. The molecule has 0 spiro atoms. The Labute approximate surface area is 138 Å². The van der Waals surface area contributed by atoms with Crippen LogP contribution in [0.15, 0.2) is 36.4 Å². The van der Waals surface area contributed by atoms with E-state index in [1.54, 1.807) is 30.3 Å². The molecule has 1 fully saturated rings. The number of alkyl halides is 3. The Bertz CT molecular complexity index is 770. The summed E-state index contributed by atoms with van der Waals surface area (Å²) >= 11 is 0. The predicted molar refractivity (Wildman–Crippen MR) is 86.3 cm³/mol. The maximum absolute atomic E-state index is 14.0. The summed E-state index contributed by atoms with van der Waals surface area (Å²) in [5.74, 6) is -0.441. The molecule has 0 aliphatic carbocycles. The van der Waals surface area contributed by atoms with Crippen LogP contribution < -0.4 is 5.43 Å². The molecule has 0 radical (unpaired) electrons. The van der Waals surface area contributed by atoms with Crippen LogP contribution in [0.2, 0.25) is 0 Å². The molecular weight excluding hydrogens is 317 g/mol. The van der Waals surface area contributed by atoms with Crippen molar-refractivity contribution in [3.63, 3.8) is 0 Å². The fourth-order valence-corrected chi connectivity index (χ4v) is 3.30. The van der Waals surface area contributed by atoms with E-state index in [0.717, 1.165) is 10.4 Å². The molecule has 24 heavy (non-hydrogen) atoms. The molecule has 1 aliphatic rings. The first kappa shape index (κ1) is 16.8. The van der Waals surface area contributed by atoms with Crippen molar-refractivity contribution in [3.8, 4) is 0 Å². The summed E-state index contributed by atoms with van der Waals surface area (Å²) in [6.07, 6.45) is -4.42. The van der Waals surface area contributed by atoms with Gasteiger partial charge in [-0.2, -0.15) is 13.2 Å². The van der Waals surface area contributed by atoms with Crippen molar-refractivity contribution in [2.75, 3.05) is 6.54 Å². The van der Waals surface area contributed by atoms with Crippen LogP contribution in [0.25, 0.3) is 10.8 Å². The highest BCUT2D eigenvalue weighted by atomic mass is 19.4. The summed E-state index contributed by atoms with van der Waals surface area (Å²) in [4.78, 5) is 11.5. The van der Waals surface area contributed by atoms with E-state index in [1.165, 1.54) is 0 Å². The number of rotatable bonds is 3. The number of hydrogen-bond donors (Lipinski definition) is 1. The Hall–Kier alpha value is -2.08. The van der Waals surface area contributed by atoms with Crippen molar-refractivity contribution in [2.45, 2.75) is 38.4 Å². The lowest BCUT2D eigenvalue weighted by atomic mass is 9.87.